The Morgan fingerprint density at radius 3 is 3.04 bits per heavy atom. The lowest BCUT2D eigenvalue weighted by atomic mass is 10.0. The lowest BCUT2D eigenvalue weighted by Gasteiger charge is -2.18. The third kappa shape index (κ3) is 2.99. The average molecular weight is 345 g/mol. The molecule has 0 radical (unpaired) electrons. The molecule has 0 saturated carbocycles. The minimum atomic E-state index is -0.0295. The number of unbranched alkanes of at least 4 members (excludes halogenated alkanes) is 1. The molecule has 0 aromatic heterocycles. The first-order chi connectivity index (χ1) is 11.7. The van der Waals surface area contributed by atoms with Crippen molar-refractivity contribution in [2.75, 3.05) is 17.2 Å². The Hall–Kier alpha value is -1.69. The van der Waals surface area contributed by atoms with Gasteiger partial charge >= 0.3 is 6.03 Å². The first-order valence-electron chi connectivity index (χ1n) is 8.79. The second-order valence-corrected chi connectivity index (χ2v) is 8.06. The summed E-state index contributed by atoms with van der Waals surface area (Å²) in [6.45, 7) is 0.818. The van der Waals surface area contributed by atoms with E-state index in [4.69, 9.17) is 0 Å². The summed E-state index contributed by atoms with van der Waals surface area (Å²) in [7, 11) is 0. The molecule has 2 fully saturated rings. The molecule has 2 N–H and O–H groups in total. The van der Waals surface area contributed by atoms with Gasteiger partial charge < -0.3 is 15.5 Å². The summed E-state index contributed by atoms with van der Waals surface area (Å²) in [6.07, 6.45) is 4.61. The van der Waals surface area contributed by atoms with E-state index in [2.05, 4.69) is 16.7 Å². The number of hydrogen-bond donors (Lipinski definition) is 2. The lowest BCUT2D eigenvalue weighted by molar-refractivity contribution is -0.118. The fourth-order valence-electron chi connectivity index (χ4n) is 4.00. The molecule has 0 spiro atoms. The molecule has 0 bridgehead atoms. The number of benzene rings is 1. The van der Waals surface area contributed by atoms with E-state index in [-0.39, 0.29) is 24.0 Å². The van der Waals surface area contributed by atoms with E-state index < -0.39 is 0 Å². The van der Waals surface area contributed by atoms with Crippen molar-refractivity contribution in [3.63, 3.8) is 0 Å². The van der Waals surface area contributed by atoms with Gasteiger partial charge in [-0.3, -0.25) is 4.79 Å². The van der Waals surface area contributed by atoms with Crippen LogP contribution in [0.25, 0.3) is 0 Å². The highest BCUT2D eigenvalue weighted by Crippen LogP contribution is 2.33. The van der Waals surface area contributed by atoms with Crippen LogP contribution in [0.15, 0.2) is 24.3 Å². The van der Waals surface area contributed by atoms with Crippen molar-refractivity contribution in [3.8, 4) is 0 Å². The quantitative estimate of drug-likeness (QED) is 0.636. The van der Waals surface area contributed by atoms with E-state index in [0.717, 1.165) is 43.7 Å². The van der Waals surface area contributed by atoms with E-state index >= 15 is 0 Å². The van der Waals surface area contributed by atoms with Gasteiger partial charge in [-0.1, -0.05) is 24.6 Å². The highest BCUT2D eigenvalue weighted by Gasteiger charge is 2.42. The van der Waals surface area contributed by atoms with Crippen molar-refractivity contribution in [1.29, 1.82) is 0 Å². The Labute approximate surface area is 146 Å². The van der Waals surface area contributed by atoms with Gasteiger partial charge in [0.25, 0.3) is 0 Å². The van der Waals surface area contributed by atoms with Crippen LogP contribution in [-0.4, -0.2) is 41.6 Å². The van der Waals surface area contributed by atoms with E-state index in [1.54, 1.807) is 0 Å². The summed E-state index contributed by atoms with van der Waals surface area (Å²) in [5, 5.41) is 6.48. The largest absolute Gasteiger partial charge is 0.332 e. The topological polar surface area (TPSA) is 61.4 Å². The maximum atomic E-state index is 12.5. The second kappa shape index (κ2) is 6.67. The zero-order chi connectivity index (χ0) is 16.5. The van der Waals surface area contributed by atoms with Gasteiger partial charge in [0.15, 0.2) is 0 Å². The molecule has 0 aliphatic carbocycles. The molecule has 4 rings (SSSR count). The number of thioether (sulfide) groups is 1. The first-order valence-corrected chi connectivity index (χ1v) is 9.84. The maximum absolute atomic E-state index is 12.5. The number of fused-ring (bicyclic) bond motifs is 2. The van der Waals surface area contributed by atoms with Crippen LogP contribution in [0.4, 0.5) is 10.5 Å². The number of carbonyl (C=O) groups is 2. The fraction of sp³-hybridized carbons (Fsp3) is 0.556. The molecule has 128 valence electrons. The summed E-state index contributed by atoms with van der Waals surface area (Å²) >= 11 is 1.94. The van der Waals surface area contributed by atoms with Crippen LogP contribution in [0.1, 0.15) is 31.2 Å². The monoisotopic (exact) mass is 345 g/mol. The van der Waals surface area contributed by atoms with Gasteiger partial charge in [0.2, 0.25) is 5.91 Å². The van der Waals surface area contributed by atoms with Gasteiger partial charge in [-0.25, -0.2) is 4.79 Å². The van der Waals surface area contributed by atoms with Crippen molar-refractivity contribution in [3.05, 3.63) is 29.8 Å². The molecule has 6 heteroatoms. The maximum Gasteiger partial charge on any atom is 0.315 e. The van der Waals surface area contributed by atoms with Crippen molar-refractivity contribution < 1.29 is 9.59 Å². The minimum absolute atomic E-state index is 0.0295. The fourth-order valence-corrected chi connectivity index (χ4v) is 5.54. The third-order valence-electron chi connectivity index (χ3n) is 5.26. The third-order valence-corrected chi connectivity index (χ3v) is 6.76. The van der Waals surface area contributed by atoms with Crippen LogP contribution in [-0.2, 0) is 11.2 Å². The van der Waals surface area contributed by atoms with Crippen molar-refractivity contribution in [2.24, 2.45) is 0 Å². The SMILES string of the molecule is O=C1NC2CSC(CCCCC(=O)N3CCc4ccccc43)C2N1. The predicted molar refractivity (Wildman–Crippen MR) is 96.5 cm³/mol. The number of carbonyl (C=O) groups excluding carboxylic acids is 2. The normalized spacial score (nSPS) is 27.6. The van der Waals surface area contributed by atoms with Gasteiger partial charge in [0.05, 0.1) is 12.1 Å². The summed E-state index contributed by atoms with van der Waals surface area (Å²) in [4.78, 5) is 25.8. The Balaban J connectivity index is 1.22. The number of nitrogens with one attached hydrogen (secondary N) is 2. The van der Waals surface area contributed by atoms with Crippen LogP contribution in [0.2, 0.25) is 0 Å². The molecule has 3 aliphatic rings. The number of nitrogens with zero attached hydrogens (tertiary/aromatic N) is 1. The van der Waals surface area contributed by atoms with Gasteiger partial charge in [-0.05, 0) is 30.9 Å². The predicted octanol–water partition coefficient (Wildman–Crippen LogP) is 2.30. The Bertz CT molecular complexity index is 651. The van der Waals surface area contributed by atoms with Crippen molar-refractivity contribution in [1.82, 2.24) is 10.6 Å². The molecular formula is C18H23N3O2S. The molecular weight excluding hydrogens is 322 g/mol. The molecule has 3 heterocycles. The Morgan fingerprint density at radius 2 is 2.12 bits per heavy atom. The van der Waals surface area contributed by atoms with Crippen LogP contribution < -0.4 is 15.5 Å². The van der Waals surface area contributed by atoms with Gasteiger partial charge in [-0.15, -0.1) is 0 Å². The van der Waals surface area contributed by atoms with Crippen LogP contribution in [0, 0.1) is 0 Å². The summed E-state index contributed by atoms with van der Waals surface area (Å²) in [5.41, 5.74) is 2.38. The molecule has 24 heavy (non-hydrogen) atoms. The smallest absolute Gasteiger partial charge is 0.315 e. The lowest BCUT2D eigenvalue weighted by Crippen LogP contribution is -2.36. The van der Waals surface area contributed by atoms with Gasteiger partial charge in [-0.2, -0.15) is 11.8 Å². The number of hydrogen-bond acceptors (Lipinski definition) is 3. The number of para-hydroxylation sites is 1. The van der Waals surface area contributed by atoms with Crippen LogP contribution >= 0.6 is 11.8 Å². The average Bonchev–Trinajstić information content (AvgIpc) is 3.25. The van der Waals surface area contributed by atoms with E-state index in [0.29, 0.717) is 11.7 Å². The van der Waals surface area contributed by atoms with Gasteiger partial charge in [0, 0.05) is 29.7 Å². The Kier molecular flexibility index (Phi) is 4.39. The van der Waals surface area contributed by atoms with Crippen LogP contribution in [0.3, 0.4) is 0 Å². The number of urea groups is 1. The molecule has 3 unspecified atom stereocenters. The molecule has 3 aliphatic heterocycles. The van der Waals surface area contributed by atoms with Crippen molar-refractivity contribution in [2.45, 2.75) is 49.4 Å². The number of anilines is 1. The van der Waals surface area contributed by atoms with Gasteiger partial charge in [0.1, 0.15) is 0 Å². The number of amides is 3. The molecule has 1 aromatic carbocycles. The zero-order valence-corrected chi connectivity index (χ0v) is 14.5. The summed E-state index contributed by atoms with van der Waals surface area (Å²) in [6, 6.07) is 8.72. The highest BCUT2D eigenvalue weighted by molar-refractivity contribution is 8.00. The molecule has 3 atom stereocenters. The Morgan fingerprint density at radius 1 is 1.25 bits per heavy atom. The van der Waals surface area contributed by atoms with Crippen LogP contribution in [0.5, 0.6) is 0 Å². The van der Waals surface area contributed by atoms with Crippen molar-refractivity contribution >= 4 is 29.4 Å². The first kappa shape index (κ1) is 15.8. The highest BCUT2D eigenvalue weighted by atomic mass is 32.2. The second-order valence-electron chi connectivity index (χ2n) is 6.79. The zero-order valence-electron chi connectivity index (χ0n) is 13.7. The summed E-state index contributed by atoms with van der Waals surface area (Å²) in [5.74, 6) is 1.24. The van der Waals surface area contributed by atoms with E-state index in [1.165, 1.54) is 5.56 Å². The number of rotatable bonds is 5. The standard InChI is InChI=1S/C18H23N3O2S/c22-16(21-10-9-12-5-1-2-6-14(12)21)8-4-3-7-15-17-13(11-24-15)19-18(23)20-17/h1-2,5-6,13,15,17H,3-4,7-11H2,(H2,19,20,23). The molecule has 5 nitrogen and oxygen atoms in total. The molecule has 3 amide bonds. The molecule has 1 aromatic rings. The summed E-state index contributed by atoms with van der Waals surface area (Å²) < 4.78 is 0. The molecule has 2 saturated heterocycles. The van der Waals surface area contributed by atoms with E-state index in [1.807, 2.05) is 34.9 Å². The minimum Gasteiger partial charge on any atom is -0.332 e. The van der Waals surface area contributed by atoms with E-state index in [9.17, 15) is 9.59 Å².